The van der Waals surface area contributed by atoms with Crippen molar-refractivity contribution in [1.29, 1.82) is 0 Å². The van der Waals surface area contributed by atoms with E-state index in [9.17, 15) is 27.9 Å². The molecule has 3 N–H and O–H groups in total. The van der Waals surface area contributed by atoms with Gasteiger partial charge in [-0.15, -0.1) is 0 Å². The maximum atomic E-state index is 13.3. The second kappa shape index (κ2) is 8.72. The highest BCUT2D eigenvalue weighted by Gasteiger charge is 2.32. The second-order valence-corrected chi connectivity index (χ2v) is 8.17. The van der Waals surface area contributed by atoms with Crippen molar-refractivity contribution in [2.24, 2.45) is 0 Å². The fourth-order valence-electron chi connectivity index (χ4n) is 2.84. The summed E-state index contributed by atoms with van der Waals surface area (Å²) in [6.45, 7) is 3.06. The zero-order chi connectivity index (χ0) is 22.9. The molecule has 0 bridgehead atoms. The van der Waals surface area contributed by atoms with Gasteiger partial charge in [0.15, 0.2) is 5.13 Å². The average Bonchev–Trinajstić information content (AvgIpc) is 3.10. The molecule has 1 heterocycles. The predicted molar refractivity (Wildman–Crippen MR) is 113 cm³/mol. The van der Waals surface area contributed by atoms with Gasteiger partial charge in [0.2, 0.25) is 5.91 Å². The number of thiazole rings is 1. The summed E-state index contributed by atoms with van der Waals surface area (Å²) in [5.74, 6) is -1.29. The molecule has 3 rings (SSSR count). The van der Waals surface area contributed by atoms with Gasteiger partial charge in [-0.05, 0) is 42.3 Å². The number of alkyl halides is 3. The number of benzene rings is 2. The molecule has 0 aliphatic carbocycles. The number of hydrogen-bond donors (Lipinski definition) is 3. The number of fused-ring (bicyclic) bond motifs is 1. The summed E-state index contributed by atoms with van der Waals surface area (Å²) < 4.78 is 40.1. The fraction of sp³-hybridized carbons (Fsp3) is 0.250. The molecule has 0 fully saturated rings. The number of halogens is 4. The van der Waals surface area contributed by atoms with Gasteiger partial charge in [-0.1, -0.05) is 29.9 Å². The summed E-state index contributed by atoms with van der Waals surface area (Å²) in [5.41, 5.74) is -0.173. The third-order valence-corrected chi connectivity index (χ3v) is 5.56. The minimum absolute atomic E-state index is 0.0411. The van der Waals surface area contributed by atoms with Crippen molar-refractivity contribution in [3.63, 3.8) is 0 Å². The van der Waals surface area contributed by atoms with E-state index in [0.29, 0.717) is 5.56 Å². The van der Waals surface area contributed by atoms with Crippen molar-refractivity contribution in [3.8, 4) is 5.75 Å². The van der Waals surface area contributed by atoms with Crippen LogP contribution in [-0.2, 0) is 17.5 Å². The van der Waals surface area contributed by atoms with Gasteiger partial charge >= 0.3 is 6.18 Å². The molecule has 3 aromatic rings. The van der Waals surface area contributed by atoms with Crippen molar-refractivity contribution in [1.82, 2.24) is 10.3 Å². The van der Waals surface area contributed by atoms with Crippen molar-refractivity contribution >= 4 is 50.1 Å². The Morgan fingerprint density at radius 1 is 1.23 bits per heavy atom. The number of aryl methyl sites for hydroxylation is 1. The Morgan fingerprint density at radius 3 is 2.58 bits per heavy atom. The number of aromatic hydroxyl groups is 1. The minimum Gasteiger partial charge on any atom is -0.507 e. The van der Waals surface area contributed by atoms with E-state index in [1.807, 2.05) is 0 Å². The molecule has 31 heavy (non-hydrogen) atoms. The number of carbonyl (C=O) groups is 2. The molecule has 6 nitrogen and oxygen atoms in total. The summed E-state index contributed by atoms with van der Waals surface area (Å²) in [5, 5.41) is 15.4. The van der Waals surface area contributed by atoms with E-state index in [2.05, 4.69) is 15.6 Å². The number of aromatic nitrogens is 1. The maximum Gasteiger partial charge on any atom is 0.416 e. The van der Waals surface area contributed by atoms with Gasteiger partial charge in [0.1, 0.15) is 5.75 Å². The van der Waals surface area contributed by atoms with Crippen LogP contribution in [0.1, 0.15) is 40.4 Å². The van der Waals surface area contributed by atoms with E-state index >= 15 is 0 Å². The first-order chi connectivity index (χ1) is 14.5. The van der Waals surface area contributed by atoms with Gasteiger partial charge in [0, 0.05) is 18.0 Å². The fourth-order valence-corrected chi connectivity index (χ4v) is 4.06. The van der Waals surface area contributed by atoms with Gasteiger partial charge in [-0.2, -0.15) is 13.2 Å². The van der Waals surface area contributed by atoms with Crippen LogP contribution < -0.4 is 10.6 Å². The molecular formula is C20H17ClF3N3O3S. The van der Waals surface area contributed by atoms with Crippen LogP contribution in [0.5, 0.6) is 5.75 Å². The summed E-state index contributed by atoms with van der Waals surface area (Å²) in [6.07, 6.45) is -4.40. The molecule has 2 amide bonds. The lowest BCUT2D eigenvalue weighted by atomic mass is 10.1. The Bertz CT molecular complexity index is 1180. The maximum absolute atomic E-state index is 13.3. The van der Waals surface area contributed by atoms with Crippen molar-refractivity contribution < 1.29 is 27.9 Å². The van der Waals surface area contributed by atoms with Crippen LogP contribution >= 0.6 is 22.9 Å². The third-order valence-electron chi connectivity index (χ3n) is 4.43. The van der Waals surface area contributed by atoms with Gasteiger partial charge < -0.3 is 10.4 Å². The van der Waals surface area contributed by atoms with Gasteiger partial charge in [-0.3, -0.25) is 14.9 Å². The van der Waals surface area contributed by atoms with Crippen molar-refractivity contribution in [2.45, 2.75) is 33.0 Å². The number of phenols is 1. The summed E-state index contributed by atoms with van der Waals surface area (Å²) in [4.78, 5) is 28.4. The molecule has 0 radical (unpaired) electrons. The molecule has 0 saturated heterocycles. The minimum atomic E-state index is -4.59. The van der Waals surface area contributed by atoms with Crippen molar-refractivity contribution in [3.05, 3.63) is 51.5 Å². The summed E-state index contributed by atoms with van der Waals surface area (Å²) >= 11 is 6.79. The van der Waals surface area contributed by atoms with Crippen LogP contribution in [0.3, 0.4) is 0 Å². The Kier molecular flexibility index (Phi) is 6.42. The van der Waals surface area contributed by atoms with E-state index in [1.54, 1.807) is 13.8 Å². The molecule has 0 aliphatic rings. The van der Waals surface area contributed by atoms with E-state index in [0.717, 1.165) is 23.5 Å². The van der Waals surface area contributed by atoms with Gasteiger partial charge in [-0.25, -0.2) is 4.98 Å². The number of nitrogens with zero attached hydrogens (tertiary/aromatic N) is 1. The van der Waals surface area contributed by atoms with E-state index in [4.69, 9.17) is 11.6 Å². The summed E-state index contributed by atoms with van der Waals surface area (Å²) in [7, 11) is 0. The quantitative estimate of drug-likeness (QED) is 0.473. The third kappa shape index (κ3) is 5.08. The highest BCUT2D eigenvalue weighted by Crippen LogP contribution is 2.37. The first kappa shape index (κ1) is 22.8. The number of anilines is 1. The molecule has 1 aromatic heterocycles. The zero-order valence-electron chi connectivity index (χ0n) is 16.4. The Morgan fingerprint density at radius 2 is 1.94 bits per heavy atom. The van der Waals surface area contributed by atoms with E-state index in [-0.39, 0.29) is 56.1 Å². The van der Waals surface area contributed by atoms with E-state index in [1.165, 1.54) is 12.1 Å². The van der Waals surface area contributed by atoms with Crippen LogP contribution in [0.2, 0.25) is 5.02 Å². The Labute approximate surface area is 184 Å². The van der Waals surface area contributed by atoms with E-state index < -0.39 is 17.6 Å². The largest absolute Gasteiger partial charge is 0.507 e. The van der Waals surface area contributed by atoms with Crippen molar-refractivity contribution in [2.75, 3.05) is 5.32 Å². The van der Waals surface area contributed by atoms with Crippen LogP contribution in [0.4, 0.5) is 18.3 Å². The molecule has 0 atom stereocenters. The molecule has 0 spiro atoms. The standard InChI is InChI=1S/C20H17ClF3N3O3S/c1-3-15(28)25-8-10-5-11(20(22,23)24)6-14-16(10)26-19(31-14)27-18(30)13-7-12(21)4-9(2)17(13)29/h4-7,29H,3,8H2,1-2H3,(H,25,28)(H,26,27,30). The molecule has 0 saturated carbocycles. The van der Waals surface area contributed by atoms with Crippen LogP contribution in [-0.4, -0.2) is 21.9 Å². The molecule has 11 heteroatoms. The lowest BCUT2D eigenvalue weighted by Crippen LogP contribution is -2.22. The molecule has 0 unspecified atom stereocenters. The molecular weight excluding hydrogens is 455 g/mol. The Hall–Kier alpha value is -2.85. The molecule has 2 aromatic carbocycles. The Balaban J connectivity index is 1.99. The number of hydrogen-bond acceptors (Lipinski definition) is 5. The monoisotopic (exact) mass is 471 g/mol. The lowest BCUT2D eigenvalue weighted by molar-refractivity contribution is -0.137. The predicted octanol–water partition coefficient (Wildman–Crippen LogP) is 5.26. The normalized spacial score (nSPS) is 11.5. The highest BCUT2D eigenvalue weighted by molar-refractivity contribution is 7.22. The number of amides is 2. The van der Waals surface area contributed by atoms with Gasteiger partial charge in [0.25, 0.3) is 5.91 Å². The molecule has 164 valence electrons. The number of nitrogens with one attached hydrogen (secondary N) is 2. The number of phenolic OH excluding ortho intramolecular Hbond substituents is 1. The van der Waals surface area contributed by atoms with Crippen LogP contribution in [0, 0.1) is 6.92 Å². The zero-order valence-corrected chi connectivity index (χ0v) is 17.9. The van der Waals surface area contributed by atoms with Crippen LogP contribution in [0.25, 0.3) is 10.2 Å². The topological polar surface area (TPSA) is 91.3 Å². The molecule has 0 aliphatic heterocycles. The second-order valence-electron chi connectivity index (χ2n) is 6.70. The summed E-state index contributed by atoms with van der Waals surface area (Å²) in [6, 6.07) is 4.63. The van der Waals surface area contributed by atoms with Crippen LogP contribution in [0.15, 0.2) is 24.3 Å². The highest BCUT2D eigenvalue weighted by atomic mass is 35.5. The SMILES string of the molecule is CCC(=O)NCc1cc(C(F)(F)F)cc2sc(NC(=O)c3cc(Cl)cc(C)c3O)nc12. The number of carbonyl (C=O) groups excluding carboxylic acids is 2. The average molecular weight is 472 g/mol. The van der Waals surface area contributed by atoms with Gasteiger partial charge in [0.05, 0.1) is 21.3 Å². The first-order valence-electron chi connectivity index (χ1n) is 9.07. The smallest absolute Gasteiger partial charge is 0.416 e. The lowest BCUT2D eigenvalue weighted by Gasteiger charge is -2.10. The first-order valence-corrected chi connectivity index (χ1v) is 10.3. The number of rotatable bonds is 5.